The first-order valence-electron chi connectivity index (χ1n) is 4.14. The number of hydrogen-bond donors (Lipinski definition) is 3. The third-order valence-electron chi connectivity index (χ3n) is 1.82. The Bertz CT molecular complexity index is 155. The second kappa shape index (κ2) is 4.30. The van der Waals surface area contributed by atoms with Gasteiger partial charge in [-0.25, -0.2) is 4.79 Å². The number of carbonyl (C=O) groups is 1. The molecule has 0 heterocycles. The Kier molecular flexibility index (Phi) is 4.03. The molecule has 0 spiro atoms. The van der Waals surface area contributed by atoms with Gasteiger partial charge in [-0.1, -0.05) is 0 Å². The molecule has 4 nitrogen and oxygen atoms in total. The molecular formula is C8H18N2O2. The number of hydrogen-bond acceptors (Lipinski definition) is 2. The van der Waals surface area contributed by atoms with E-state index >= 15 is 0 Å². The van der Waals surface area contributed by atoms with Gasteiger partial charge in [-0.3, -0.25) is 0 Å². The van der Waals surface area contributed by atoms with Crippen LogP contribution >= 0.6 is 0 Å². The van der Waals surface area contributed by atoms with Crippen LogP contribution in [0.2, 0.25) is 0 Å². The van der Waals surface area contributed by atoms with Crippen LogP contribution in [-0.4, -0.2) is 29.3 Å². The Morgan fingerprint density at radius 1 is 1.58 bits per heavy atom. The summed E-state index contributed by atoms with van der Waals surface area (Å²) in [5, 5.41) is 14.5. The summed E-state index contributed by atoms with van der Waals surface area (Å²) in [4.78, 5) is 11.0. The van der Waals surface area contributed by atoms with Gasteiger partial charge in [-0.05, 0) is 27.7 Å². The van der Waals surface area contributed by atoms with Crippen LogP contribution in [0.25, 0.3) is 0 Å². The maximum absolute atomic E-state index is 11.0. The zero-order valence-electron chi connectivity index (χ0n) is 8.14. The van der Waals surface area contributed by atoms with Crippen molar-refractivity contribution in [1.29, 1.82) is 0 Å². The quantitative estimate of drug-likeness (QED) is 0.582. The Hall–Kier alpha value is -0.770. The Labute approximate surface area is 73.3 Å². The van der Waals surface area contributed by atoms with E-state index in [4.69, 9.17) is 0 Å². The molecule has 1 atom stereocenters. The van der Waals surface area contributed by atoms with Crippen LogP contribution in [-0.2, 0) is 0 Å². The van der Waals surface area contributed by atoms with E-state index in [1.54, 1.807) is 20.8 Å². The van der Waals surface area contributed by atoms with Gasteiger partial charge < -0.3 is 15.7 Å². The topological polar surface area (TPSA) is 61.4 Å². The van der Waals surface area contributed by atoms with Crippen LogP contribution in [0, 0.1) is 0 Å². The Morgan fingerprint density at radius 3 is 2.42 bits per heavy atom. The highest BCUT2D eigenvalue weighted by Gasteiger charge is 2.25. The van der Waals surface area contributed by atoms with Crippen molar-refractivity contribution in [2.75, 3.05) is 6.54 Å². The van der Waals surface area contributed by atoms with Crippen LogP contribution in [0.15, 0.2) is 0 Å². The molecule has 0 saturated carbocycles. The summed E-state index contributed by atoms with van der Waals surface area (Å²) in [7, 11) is 0. The van der Waals surface area contributed by atoms with Crippen molar-refractivity contribution in [3.05, 3.63) is 0 Å². The average molecular weight is 174 g/mol. The Balaban J connectivity index is 3.97. The number of nitrogens with one attached hydrogen (secondary N) is 2. The molecule has 0 saturated heterocycles. The van der Waals surface area contributed by atoms with Crippen molar-refractivity contribution in [2.45, 2.75) is 39.3 Å². The van der Waals surface area contributed by atoms with Crippen molar-refractivity contribution in [3.8, 4) is 0 Å². The van der Waals surface area contributed by atoms with Crippen LogP contribution in [0.5, 0.6) is 0 Å². The average Bonchev–Trinajstić information content (AvgIpc) is 1.85. The predicted octanol–water partition coefficient (Wildman–Crippen LogP) is 0.465. The van der Waals surface area contributed by atoms with E-state index in [2.05, 4.69) is 10.6 Å². The predicted molar refractivity (Wildman–Crippen MR) is 48.0 cm³/mol. The van der Waals surface area contributed by atoms with E-state index in [9.17, 15) is 9.90 Å². The molecule has 0 aromatic heterocycles. The summed E-state index contributed by atoms with van der Waals surface area (Å²) in [6, 6.07) is -0.247. The maximum atomic E-state index is 11.0. The number of carbonyl (C=O) groups excluding carboxylic acids is 1. The minimum atomic E-state index is -0.584. The molecule has 3 N–H and O–H groups in total. The highest BCUT2D eigenvalue weighted by atomic mass is 16.3. The summed E-state index contributed by atoms with van der Waals surface area (Å²) < 4.78 is 0. The van der Waals surface area contributed by atoms with Gasteiger partial charge in [0, 0.05) is 6.54 Å². The number of aliphatic hydroxyl groups is 1. The van der Waals surface area contributed by atoms with Gasteiger partial charge in [0.15, 0.2) is 0 Å². The summed E-state index contributed by atoms with van der Waals surface area (Å²) in [5.74, 6) is 0. The van der Waals surface area contributed by atoms with E-state index in [1.165, 1.54) is 0 Å². The molecule has 12 heavy (non-hydrogen) atoms. The zero-order valence-corrected chi connectivity index (χ0v) is 8.14. The van der Waals surface area contributed by atoms with Gasteiger partial charge in [-0.15, -0.1) is 0 Å². The monoisotopic (exact) mass is 174 g/mol. The summed E-state index contributed by atoms with van der Waals surface area (Å²) in [6.45, 7) is 7.61. The summed E-state index contributed by atoms with van der Waals surface area (Å²) in [6.07, 6.45) is -0.569. The SMILES string of the molecule is CCNC(=O)NC(C)(C)C(C)O. The molecule has 0 rings (SSSR count). The fourth-order valence-corrected chi connectivity index (χ4v) is 0.602. The van der Waals surface area contributed by atoms with Gasteiger partial charge in [0.05, 0.1) is 11.6 Å². The van der Waals surface area contributed by atoms with Crippen molar-refractivity contribution < 1.29 is 9.90 Å². The molecule has 0 radical (unpaired) electrons. The second-order valence-electron chi connectivity index (χ2n) is 3.38. The van der Waals surface area contributed by atoms with E-state index in [0.717, 1.165) is 0 Å². The summed E-state index contributed by atoms with van der Waals surface area (Å²) >= 11 is 0. The third kappa shape index (κ3) is 3.57. The normalized spacial score (nSPS) is 13.8. The van der Waals surface area contributed by atoms with E-state index < -0.39 is 11.6 Å². The zero-order chi connectivity index (χ0) is 9.78. The Morgan fingerprint density at radius 2 is 2.08 bits per heavy atom. The van der Waals surface area contributed by atoms with Crippen molar-refractivity contribution in [1.82, 2.24) is 10.6 Å². The molecule has 0 aliphatic carbocycles. The fourth-order valence-electron chi connectivity index (χ4n) is 0.602. The lowest BCUT2D eigenvalue weighted by atomic mass is 9.99. The molecule has 0 aromatic rings. The molecule has 0 aromatic carbocycles. The van der Waals surface area contributed by atoms with Gasteiger partial charge in [0.1, 0.15) is 0 Å². The lowest BCUT2D eigenvalue weighted by Crippen LogP contribution is -2.54. The molecule has 0 aliphatic heterocycles. The maximum Gasteiger partial charge on any atom is 0.315 e. The minimum Gasteiger partial charge on any atom is -0.391 e. The van der Waals surface area contributed by atoms with E-state index in [1.807, 2.05) is 6.92 Å². The number of rotatable bonds is 3. The second-order valence-corrected chi connectivity index (χ2v) is 3.38. The first-order chi connectivity index (χ1) is 5.40. The van der Waals surface area contributed by atoms with Gasteiger partial charge in [0.25, 0.3) is 0 Å². The highest BCUT2D eigenvalue weighted by molar-refractivity contribution is 5.74. The van der Waals surface area contributed by atoms with Gasteiger partial charge >= 0.3 is 6.03 Å². The van der Waals surface area contributed by atoms with Crippen molar-refractivity contribution in [2.24, 2.45) is 0 Å². The standard InChI is InChI=1S/C8H18N2O2/c1-5-9-7(12)10-8(3,4)6(2)11/h6,11H,5H2,1-4H3,(H2,9,10,12). The number of amides is 2. The van der Waals surface area contributed by atoms with Crippen molar-refractivity contribution >= 4 is 6.03 Å². The first-order valence-corrected chi connectivity index (χ1v) is 4.14. The molecule has 0 fully saturated rings. The number of urea groups is 1. The van der Waals surface area contributed by atoms with E-state index in [0.29, 0.717) is 6.54 Å². The molecule has 0 bridgehead atoms. The van der Waals surface area contributed by atoms with Crippen LogP contribution in [0.1, 0.15) is 27.7 Å². The fraction of sp³-hybridized carbons (Fsp3) is 0.875. The lowest BCUT2D eigenvalue weighted by molar-refractivity contribution is 0.101. The minimum absolute atomic E-state index is 0.247. The smallest absolute Gasteiger partial charge is 0.315 e. The molecule has 1 unspecified atom stereocenters. The first kappa shape index (κ1) is 11.2. The van der Waals surface area contributed by atoms with Gasteiger partial charge in [-0.2, -0.15) is 0 Å². The lowest BCUT2D eigenvalue weighted by Gasteiger charge is -2.29. The molecule has 2 amide bonds. The highest BCUT2D eigenvalue weighted by Crippen LogP contribution is 2.07. The van der Waals surface area contributed by atoms with E-state index in [-0.39, 0.29) is 6.03 Å². The van der Waals surface area contributed by atoms with Crippen LogP contribution < -0.4 is 10.6 Å². The molecule has 72 valence electrons. The number of aliphatic hydroxyl groups excluding tert-OH is 1. The largest absolute Gasteiger partial charge is 0.391 e. The summed E-state index contributed by atoms with van der Waals surface area (Å²) in [5.41, 5.74) is -0.584. The van der Waals surface area contributed by atoms with Crippen LogP contribution in [0.3, 0.4) is 0 Å². The molecule has 4 heteroatoms. The molecular weight excluding hydrogens is 156 g/mol. The van der Waals surface area contributed by atoms with Crippen LogP contribution in [0.4, 0.5) is 4.79 Å². The van der Waals surface area contributed by atoms with Gasteiger partial charge in [0.2, 0.25) is 0 Å². The van der Waals surface area contributed by atoms with Crippen molar-refractivity contribution in [3.63, 3.8) is 0 Å². The third-order valence-corrected chi connectivity index (χ3v) is 1.82. The molecule has 0 aliphatic rings.